The molecular weight excluding hydrogens is 239 g/mol. The Morgan fingerprint density at radius 3 is 2.82 bits per heavy atom. The van der Waals surface area contributed by atoms with Crippen molar-refractivity contribution in [3.8, 4) is 5.75 Å². The number of halogens is 1. The van der Waals surface area contributed by atoms with Gasteiger partial charge in [-0.2, -0.15) is 11.8 Å². The molecule has 1 aromatic carbocycles. The Bertz CT molecular complexity index is 380. The SMILES string of the molecule is CCCCSCC(=O)c1ccc(OC)c(F)c1. The monoisotopic (exact) mass is 256 g/mol. The van der Waals surface area contributed by atoms with Crippen LogP contribution in [0.1, 0.15) is 30.1 Å². The molecule has 1 rings (SSSR count). The van der Waals surface area contributed by atoms with Gasteiger partial charge in [0.2, 0.25) is 0 Å². The molecule has 2 nitrogen and oxygen atoms in total. The molecule has 0 unspecified atom stereocenters. The van der Waals surface area contributed by atoms with Crippen LogP contribution >= 0.6 is 11.8 Å². The van der Waals surface area contributed by atoms with Crippen molar-refractivity contribution in [1.82, 2.24) is 0 Å². The fourth-order valence-electron chi connectivity index (χ4n) is 1.33. The molecule has 0 aliphatic heterocycles. The maximum Gasteiger partial charge on any atom is 0.172 e. The summed E-state index contributed by atoms with van der Waals surface area (Å²) in [6, 6.07) is 4.32. The number of unbranched alkanes of at least 4 members (excludes halogenated alkanes) is 1. The van der Waals surface area contributed by atoms with Gasteiger partial charge >= 0.3 is 0 Å². The van der Waals surface area contributed by atoms with E-state index in [1.54, 1.807) is 17.8 Å². The lowest BCUT2D eigenvalue weighted by Gasteiger charge is -2.04. The van der Waals surface area contributed by atoms with Gasteiger partial charge in [0.25, 0.3) is 0 Å². The summed E-state index contributed by atoms with van der Waals surface area (Å²) in [4.78, 5) is 11.7. The predicted molar refractivity (Wildman–Crippen MR) is 69.5 cm³/mol. The molecule has 0 bridgehead atoms. The van der Waals surface area contributed by atoms with Crippen LogP contribution in [0, 0.1) is 5.82 Å². The number of thioether (sulfide) groups is 1. The largest absolute Gasteiger partial charge is 0.494 e. The van der Waals surface area contributed by atoms with Gasteiger partial charge in [0.05, 0.1) is 12.9 Å². The molecule has 0 fully saturated rings. The molecule has 0 saturated heterocycles. The number of methoxy groups -OCH3 is 1. The van der Waals surface area contributed by atoms with Crippen LogP contribution in [0.5, 0.6) is 5.75 Å². The lowest BCUT2D eigenvalue weighted by molar-refractivity contribution is 0.102. The van der Waals surface area contributed by atoms with Crippen LogP contribution in [-0.2, 0) is 0 Å². The van der Waals surface area contributed by atoms with Crippen LogP contribution in [0.25, 0.3) is 0 Å². The van der Waals surface area contributed by atoms with Crippen molar-refractivity contribution >= 4 is 17.5 Å². The summed E-state index contributed by atoms with van der Waals surface area (Å²) in [7, 11) is 1.40. The Labute approximate surface area is 106 Å². The Kier molecular flexibility index (Phi) is 6.05. The normalized spacial score (nSPS) is 10.3. The first-order valence-corrected chi connectivity index (χ1v) is 6.79. The Morgan fingerprint density at radius 1 is 1.47 bits per heavy atom. The number of hydrogen-bond donors (Lipinski definition) is 0. The van der Waals surface area contributed by atoms with Crippen molar-refractivity contribution in [3.05, 3.63) is 29.6 Å². The first kappa shape index (κ1) is 14.0. The van der Waals surface area contributed by atoms with E-state index in [1.807, 2.05) is 0 Å². The van der Waals surface area contributed by atoms with Crippen LogP contribution in [0.4, 0.5) is 4.39 Å². The molecule has 0 spiro atoms. The molecule has 17 heavy (non-hydrogen) atoms. The van der Waals surface area contributed by atoms with Gasteiger partial charge in [-0.05, 0) is 30.4 Å². The van der Waals surface area contributed by atoms with E-state index in [2.05, 4.69) is 6.92 Å². The van der Waals surface area contributed by atoms with E-state index in [4.69, 9.17) is 4.74 Å². The van der Waals surface area contributed by atoms with Crippen LogP contribution < -0.4 is 4.74 Å². The number of Topliss-reactive ketones (excluding diaryl/α,β-unsaturated/α-hetero) is 1. The summed E-state index contributed by atoms with van der Waals surface area (Å²) >= 11 is 1.59. The molecule has 0 aliphatic rings. The van der Waals surface area contributed by atoms with Crippen LogP contribution in [0.3, 0.4) is 0 Å². The van der Waals surface area contributed by atoms with Crippen LogP contribution in [0.2, 0.25) is 0 Å². The quantitative estimate of drug-likeness (QED) is 0.551. The van der Waals surface area contributed by atoms with Crippen molar-refractivity contribution in [3.63, 3.8) is 0 Å². The Morgan fingerprint density at radius 2 is 2.24 bits per heavy atom. The number of carbonyl (C=O) groups is 1. The minimum atomic E-state index is -0.489. The van der Waals surface area contributed by atoms with E-state index >= 15 is 0 Å². The third-order valence-corrected chi connectivity index (χ3v) is 3.39. The van der Waals surface area contributed by atoms with Gasteiger partial charge in [0.15, 0.2) is 17.3 Å². The lowest BCUT2D eigenvalue weighted by Crippen LogP contribution is -2.04. The molecule has 0 heterocycles. The maximum absolute atomic E-state index is 13.4. The van der Waals surface area contributed by atoms with E-state index in [0.29, 0.717) is 11.3 Å². The maximum atomic E-state index is 13.4. The van der Waals surface area contributed by atoms with Crippen molar-refractivity contribution < 1.29 is 13.9 Å². The third-order valence-electron chi connectivity index (χ3n) is 2.35. The van der Waals surface area contributed by atoms with Crippen molar-refractivity contribution in [2.75, 3.05) is 18.6 Å². The van der Waals surface area contributed by atoms with E-state index in [1.165, 1.54) is 19.2 Å². The van der Waals surface area contributed by atoms with E-state index in [0.717, 1.165) is 18.6 Å². The highest BCUT2D eigenvalue weighted by Gasteiger charge is 2.09. The molecule has 0 saturated carbocycles. The lowest BCUT2D eigenvalue weighted by atomic mass is 10.1. The molecule has 4 heteroatoms. The molecule has 0 aromatic heterocycles. The first-order chi connectivity index (χ1) is 8.19. The van der Waals surface area contributed by atoms with E-state index in [-0.39, 0.29) is 11.5 Å². The number of hydrogen-bond acceptors (Lipinski definition) is 3. The number of ether oxygens (including phenoxy) is 1. The topological polar surface area (TPSA) is 26.3 Å². The van der Waals surface area contributed by atoms with Gasteiger partial charge in [-0.25, -0.2) is 4.39 Å². The van der Waals surface area contributed by atoms with Crippen LogP contribution in [-0.4, -0.2) is 24.4 Å². The zero-order chi connectivity index (χ0) is 12.7. The molecule has 0 amide bonds. The minimum absolute atomic E-state index is 0.0346. The second-order valence-electron chi connectivity index (χ2n) is 3.68. The van der Waals surface area contributed by atoms with E-state index in [9.17, 15) is 9.18 Å². The molecule has 1 aromatic rings. The Hall–Kier alpha value is -1.03. The highest BCUT2D eigenvalue weighted by atomic mass is 32.2. The summed E-state index contributed by atoms with van der Waals surface area (Å²) in [6.07, 6.45) is 2.23. The Balaban J connectivity index is 2.54. The average molecular weight is 256 g/mol. The second kappa shape index (κ2) is 7.33. The summed E-state index contributed by atoms with van der Waals surface area (Å²) < 4.78 is 18.2. The summed E-state index contributed by atoms with van der Waals surface area (Å²) in [6.45, 7) is 2.11. The van der Waals surface area contributed by atoms with Gasteiger partial charge in [-0.1, -0.05) is 13.3 Å². The average Bonchev–Trinajstić information content (AvgIpc) is 2.34. The van der Waals surface area contributed by atoms with Gasteiger partial charge in [-0.3, -0.25) is 4.79 Å². The molecule has 0 atom stereocenters. The standard InChI is InChI=1S/C13H17FO2S/c1-3-4-7-17-9-12(15)10-5-6-13(16-2)11(14)8-10/h5-6,8H,3-4,7,9H2,1-2H3. The van der Waals surface area contributed by atoms with Crippen LogP contribution in [0.15, 0.2) is 18.2 Å². The van der Waals surface area contributed by atoms with Crippen molar-refractivity contribution in [1.29, 1.82) is 0 Å². The summed E-state index contributed by atoms with van der Waals surface area (Å²) in [5, 5.41) is 0. The van der Waals surface area contributed by atoms with Gasteiger partial charge in [0.1, 0.15) is 0 Å². The van der Waals surface area contributed by atoms with Gasteiger partial charge < -0.3 is 4.74 Å². The molecular formula is C13H17FO2S. The molecule has 0 aliphatic carbocycles. The second-order valence-corrected chi connectivity index (χ2v) is 4.78. The molecule has 0 N–H and O–H groups in total. The summed E-state index contributed by atoms with van der Waals surface area (Å²) in [5.41, 5.74) is 0.410. The van der Waals surface area contributed by atoms with Gasteiger partial charge in [0, 0.05) is 5.56 Å². The minimum Gasteiger partial charge on any atom is -0.494 e. The van der Waals surface area contributed by atoms with E-state index < -0.39 is 5.82 Å². The third kappa shape index (κ3) is 4.38. The highest BCUT2D eigenvalue weighted by molar-refractivity contribution is 7.99. The zero-order valence-corrected chi connectivity index (χ0v) is 11.0. The number of carbonyl (C=O) groups excluding carboxylic acids is 1. The fourth-order valence-corrected chi connectivity index (χ4v) is 2.32. The van der Waals surface area contributed by atoms with Crippen molar-refractivity contribution in [2.45, 2.75) is 19.8 Å². The number of rotatable bonds is 7. The van der Waals surface area contributed by atoms with Crippen molar-refractivity contribution in [2.24, 2.45) is 0 Å². The van der Waals surface area contributed by atoms with Gasteiger partial charge in [-0.15, -0.1) is 0 Å². The smallest absolute Gasteiger partial charge is 0.172 e. The fraction of sp³-hybridized carbons (Fsp3) is 0.462. The first-order valence-electron chi connectivity index (χ1n) is 5.63. The molecule has 94 valence electrons. The predicted octanol–water partition coefficient (Wildman–Crippen LogP) is 3.55. The highest BCUT2D eigenvalue weighted by Crippen LogP contribution is 2.19. The number of ketones is 1. The zero-order valence-electron chi connectivity index (χ0n) is 10.2. The number of benzene rings is 1. The molecule has 0 radical (unpaired) electrons. The summed E-state index contributed by atoms with van der Waals surface area (Å²) in [5.74, 6) is 1.02.